The first-order chi connectivity index (χ1) is 10.2. The van der Waals surface area contributed by atoms with Crippen molar-refractivity contribution < 1.29 is 4.74 Å². The number of likely N-dealkylation sites (tertiary alicyclic amines) is 1. The summed E-state index contributed by atoms with van der Waals surface area (Å²) in [6.07, 6.45) is 2.50. The normalized spacial score (nSPS) is 27.4. The Morgan fingerprint density at radius 1 is 1.24 bits per heavy atom. The summed E-state index contributed by atoms with van der Waals surface area (Å²) in [5.74, 6) is 1.03. The van der Waals surface area contributed by atoms with E-state index in [0.717, 1.165) is 12.4 Å². The summed E-state index contributed by atoms with van der Waals surface area (Å²) in [6, 6.07) is 9.82. The molecule has 4 heteroatoms. The van der Waals surface area contributed by atoms with Crippen LogP contribution < -0.4 is 10.1 Å². The fourth-order valence-electron chi connectivity index (χ4n) is 3.72. The van der Waals surface area contributed by atoms with Gasteiger partial charge in [-0.2, -0.15) is 0 Å². The Balaban J connectivity index is 1.76. The minimum atomic E-state index is 0.347. The van der Waals surface area contributed by atoms with Gasteiger partial charge in [0.25, 0.3) is 0 Å². The number of hydrogen-bond donors (Lipinski definition) is 1. The number of piperidine rings is 1. The molecular formula is C17H27N3O. The molecule has 0 spiro atoms. The average Bonchev–Trinajstić information content (AvgIpc) is 2.53. The molecule has 0 radical (unpaired) electrons. The predicted octanol–water partition coefficient (Wildman–Crippen LogP) is 1.73. The van der Waals surface area contributed by atoms with Crippen LogP contribution in [0.2, 0.25) is 0 Å². The van der Waals surface area contributed by atoms with E-state index in [-0.39, 0.29) is 0 Å². The Morgan fingerprint density at radius 2 is 1.95 bits per heavy atom. The Hall–Kier alpha value is -1.10. The number of fused-ring (bicyclic) bond motifs is 1. The molecule has 0 saturated carbocycles. The molecule has 1 aromatic carbocycles. The molecular weight excluding hydrogens is 262 g/mol. The molecule has 2 aliphatic rings. The minimum absolute atomic E-state index is 0.347. The van der Waals surface area contributed by atoms with Crippen LogP contribution in [0.4, 0.5) is 0 Å². The quantitative estimate of drug-likeness (QED) is 0.917. The highest BCUT2D eigenvalue weighted by atomic mass is 16.5. The number of hydrogen-bond acceptors (Lipinski definition) is 4. The van der Waals surface area contributed by atoms with Crippen molar-refractivity contribution in [2.24, 2.45) is 0 Å². The van der Waals surface area contributed by atoms with Gasteiger partial charge in [0.1, 0.15) is 12.4 Å². The summed E-state index contributed by atoms with van der Waals surface area (Å²) in [4.78, 5) is 4.97. The molecule has 2 aliphatic heterocycles. The third-order valence-electron chi connectivity index (χ3n) is 5.15. The maximum absolute atomic E-state index is 6.01. The second kappa shape index (κ2) is 6.34. The average molecular weight is 289 g/mol. The van der Waals surface area contributed by atoms with E-state index >= 15 is 0 Å². The summed E-state index contributed by atoms with van der Waals surface area (Å²) < 4.78 is 6.01. The van der Waals surface area contributed by atoms with Gasteiger partial charge < -0.3 is 15.0 Å². The number of rotatable bonds is 3. The van der Waals surface area contributed by atoms with E-state index in [2.05, 4.69) is 54.5 Å². The zero-order chi connectivity index (χ0) is 14.8. The zero-order valence-corrected chi connectivity index (χ0v) is 13.4. The molecule has 0 bridgehead atoms. The van der Waals surface area contributed by atoms with Crippen LogP contribution in [0.25, 0.3) is 0 Å². The third-order valence-corrected chi connectivity index (χ3v) is 5.15. The molecule has 2 heterocycles. The maximum Gasteiger partial charge on any atom is 0.124 e. The largest absolute Gasteiger partial charge is 0.492 e. The van der Waals surface area contributed by atoms with Crippen molar-refractivity contribution in [2.75, 3.05) is 40.8 Å². The molecule has 0 aliphatic carbocycles. The summed E-state index contributed by atoms with van der Waals surface area (Å²) in [5.41, 5.74) is 1.29. The lowest BCUT2D eigenvalue weighted by atomic mass is 9.93. The lowest BCUT2D eigenvalue weighted by Crippen LogP contribution is -2.53. The van der Waals surface area contributed by atoms with Crippen LogP contribution in [0.5, 0.6) is 5.75 Å². The van der Waals surface area contributed by atoms with Crippen LogP contribution in [0, 0.1) is 0 Å². The van der Waals surface area contributed by atoms with Gasteiger partial charge in [-0.05, 0) is 53.1 Å². The van der Waals surface area contributed by atoms with Crippen molar-refractivity contribution in [1.82, 2.24) is 15.1 Å². The van der Waals surface area contributed by atoms with E-state index in [9.17, 15) is 0 Å². The standard InChI is InChI=1S/C17H27N3O/c1-18-17-14-6-4-5-7-16(14)21-12-15(17)20(3)13-8-10-19(2)11-9-13/h4-7,13,15,17-18H,8-12H2,1-3H3. The van der Waals surface area contributed by atoms with Crippen LogP contribution in [0.1, 0.15) is 24.4 Å². The van der Waals surface area contributed by atoms with E-state index in [1.54, 1.807) is 0 Å². The van der Waals surface area contributed by atoms with Crippen molar-refractivity contribution in [1.29, 1.82) is 0 Å². The van der Waals surface area contributed by atoms with E-state index < -0.39 is 0 Å². The van der Waals surface area contributed by atoms with Crippen LogP contribution in [-0.4, -0.2) is 62.7 Å². The number of ether oxygens (including phenoxy) is 1. The monoisotopic (exact) mass is 289 g/mol. The minimum Gasteiger partial charge on any atom is -0.492 e. The molecule has 3 rings (SSSR count). The van der Waals surface area contributed by atoms with Gasteiger partial charge in [-0.25, -0.2) is 0 Å². The Labute approximate surface area is 128 Å². The molecule has 1 fully saturated rings. The van der Waals surface area contributed by atoms with Gasteiger partial charge in [-0.15, -0.1) is 0 Å². The first-order valence-corrected chi connectivity index (χ1v) is 8.00. The number of benzene rings is 1. The molecule has 0 amide bonds. The Morgan fingerprint density at radius 3 is 2.67 bits per heavy atom. The highest BCUT2D eigenvalue weighted by Crippen LogP contribution is 2.34. The van der Waals surface area contributed by atoms with Gasteiger partial charge in [0.2, 0.25) is 0 Å². The number of nitrogens with zero attached hydrogens (tertiary/aromatic N) is 2. The predicted molar refractivity (Wildman–Crippen MR) is 85.8 cm³/mol. The summed E-state index contributed by atoms with van der Waals surface area (Å²) in [5, 5.41) is 3.51. The second-order valence-electron chi connectivity index (χ2n) is 6.38. The summed E-state index contributed by atoms with van der Waals surface area (Å²) >= 11 is 0. The number of likely N-dealkylation sites (N-methyl/N-ethyl adjacent to an activating group) is 2. The fourth-order valence-corrected chi connectivity index (χ4v) is 3.72. The van der Waals surface area contributed by atoms with Gasteiger partial charge in [0, 0.05) is 11.6 Å². The topological polar surface area (TPSA) is 27.7 Å². The van der Waals surface area contributed by atoms with Crippen molar-refractivity contribution >= 4 is 0 Å². The highest BCUT2D eigenvalue weighted by Gasteiger charge is 2.35. The Kier molecular flexibility index (Phi) is 4.48. The van der Waals surface area contributed by atoms with Crippen molar-refractivity contribution in [3.8, 4) is 5.75 Å². The van der Waals surface area contributed by atoms with E-state index in [4.69, 9.17) is 4.74 Å². The summed E-state index contributed by atoms with van der Waals surface area (Å²) in [6.45, 7) is 3.16. The van der Waals surface area contributed by atoms with Gasteiger partial charge in [0.15, 0.2) is 0 Å². The number of para-hydroxylation sites is 1. The van der Waals surface area contributed by atoms with E-state index in [1.165, 1.54) is 31.5 Å². The molecule has 21 heavy (non-hydrogen) atoms. The first-order valence-electron chi connectivity index (χ1n) is 8.00. The van der Waals surface area contributed by atoms with Crippen LogP contribution >= 0.6 is 0 Å². The van der Waals surface area contributed by atoms with E-state index in [0.29, 0.717) is 18.1 Å². The van der Waals surface area contributed by atoms with Gasteiger partial charge in [-0.3, -0.25) is 4.90 Å². The zero-order valence-electron chi connectivity index (χ0n) is 13.4. The first kappa shape index (κ1) is 14.8. The number of nitrogens with one attached hydrogen (secondary N) is 1. The third kappa shape index (κ3) is 2.93. The SMILES string of the molecule is CNC1c2ccccc2OCC1N(C)C1CCN(C)CC1. The molecule has 0 aromatic heterocycles. The second-order valence-corrected chi connectivity index (χ2v) is 6.38. The molecule has 1 N–H and O–H groups in total. The lowest BCUT2D eigenvalue weighted by Gasteiger charge is -2.44. The summed E-state index contributed by atoms with van der Waals surface area (Å²) in [7, 11) is 6.54. The highest BCUT2D eigenvalue weighted by molar-refractivity contribution is 5.38. The van der Waals surface area contributed by atoms with Crippen LogP contribution in [-0.2, 0) is 0 Å². The maximum atomic E-state index is 6.01. The molecule has 1 saturated heterocycles. The molecule has 2 atom stereocenters. The molecule has 1 aromatic rings. The van der Waals surface area contributed by atoms with Gasteiger partial charge in [-0.1, -0.05) is 18.2 Å². The fraction of sp³-hybridized carbons (Fsp3) is 0.647. The van der Waals surface area contributed by atoms with Crippen molar-refractivity contribution in [3.05, 3.63) is 29.8 Å². The van der Waals surface area contributed by atoms with Crippen LogP contribution in [0.3, 0.4) is 0 Å². The van der Waals surface area contributed by atoms with Crippen molar-refractivity contribution in [2.45, 2.75) is 31.0 Å². The van der Waals surface area contributed by atoms with Gasteiger partial charge in [0.05, 0.1) is 12.1 Å². The van der Waals surface area contributed by atoms with E-state index in [1.807, 2.05) is 6.07 Å². The molecule has 116 valence electrons. The molecule has 2 unspecified atom stereocenters. The van der Waals surface area contributed by atoms with Crippen LogP contribution in [0.15, 0.2) is 24.3 Å². The smallest absolute Gasteiger partial charge is 0.124 e. The lowest BCUT2D eigenvalue weighted by molar-refractivity contribution is 0.0497. The van der Waals surface area contributed by atoms with Crippen molar-refractivity contribution in [3.63, 3.8) is 0 Å². The Bertz CT molecular complexity index is 471. The van der Waals surface area contributed by atoms with Gasteiger partial charge >= 0.3 is 0 Å². The molecule has 4 nitrogen and oxygen atoms in total.